The molecule has 1 saturated carbocycles. The molecular weight excluding hydrogens is 396 g/mol. The molecule has 3 heterocycles. The van der Waals surface area contributed by atoms with Crippen LogP contribution in [0.15, 0.2) is 28.9 Å². The second-order valence-electron chi connectivity index (χ2n) is 9.56. The molecule has 0 radical (unpaired) electrons. The molecule has 0 bridgehead atoms. The molecule has 2 N–H and O–H groups in total. The van der Waals surface area contributed by atoms with Crippen LogP contribution in [0.5, 0.6) is 0 Å². The largest absolute Gasteiger partial charge is 0.459 e. The fourth-order valence-corrected chi connectivity index (χ4v) is 5.99. The second-order valence-corrected chi connectivity index (χ2v) is 9.97. The van der Waals surface area contributed by atoms with Crippen LogP contribution < -0.4 is 10.6 Å². The molecule has 0 unspecified atom stereocenters. The smallest absolute Gasteiger partial charge is 0.142 e. The Labute approximate surface area is 184 Å². The Morgan fingerprint density at radius 3 is 2.70 bits per heavy atom. The van der Waals surface area contributed by atoms with Crippen molar-refractivity contribution in [3.8, 4) is 0 Å². The number of furan rings is 1. The van der Waals surface area contributed by atoms with Crippen LogP contribution in [-0.4, -0.2) is 43.0 Å². The minimum atomic E-state index is -0.131. The molecule has 0 atom stereocenters. The van der Waals surface area contributed by atoms with E-state index in [9.17, 15) is 0 Å². The molecule has 3 aliphatic rings. The molecule has 5 nitrogen and oxygen atoms in total. The lowest BCUT2D eigenvalue weighted by atomic mass is 9.74. The second kappa shape index (κ2) is 7.77. The summed E-state index contributed by atoms with van der Waals surface area (Å²) in [6.07, 6.45) is 8.30. The lowest BCUT2D eigenvalue weighted by Crippen LogP contribution is -2.48. The van der Waals surface area contributed by atoms with E-state index in [0.29, 0.717) is 6.04 Å². The van der Waals surface area contributed by atoms with Crippen molar-refractivity contribution in [2.24, 2.45) is 0 Å². The molecule has 2 aromatic rings. The first-order chi connectivity index (χ1) is 14.4. The topological polar surface area (TPSA) is 43.7 Å². The van der Waals surface area contributed by atoms with Gasteiger partial charge >= 0.3 is 0 Å². The monoisotopic (exact) mass is 428 g/mol. The number of piperidine rings is 1. The summed E-state index contributed by atoms with van der Waals surface area (Å²) in [7, 11) is 4.43. The van der Waals surface area contributed by atoms with Crippen LogP contribution in [0.25, 0.3) is 11.0 Å². The molecule has 0 amide bonds. The van der Waals surface area contributed by atoms with Crippen molar-refractivity contribution >= 4 is 28.3 Å². The molecule has 1 aromatic carbocycles. The van der Waals surface area contributed by atoms with Gasteiger partial charge in [-0.3, -0.25) is 4.90 Å². The lowest BCUT2D eigenvalue weighted by Gasteiger charge is -2.44. The van der Waals surface area contributed by atoms with E-state index < -0.39 is 0 Å². The van der Waals surface area contributed by atoms with Gasteiger partial charge in [-0.2, -0.15) is 0 Å². The Balaban J connectivity index is 1.51. The van der Waals surface area contributed by atoms with Crippen LogP contribution in [0.1, 0.15) is 56.3 Å². The first-order valence-electron chi connectivity index (χ1n) is 11.3. The van der Waals surface area contributed by atoms with Gasteiger partial charge in [0.25, 0.3) is 0 Å². The Morgan fingerprint density at radius 2 is 1.97 bits per heavy atom. The van der Waals surface area contributed by atoms with Gasteiger partial charge in [0, 0.05) is 17.0 Å². The summed E-state index contributed by atoms with van der Waals surface area (Å²) in [5.41, 5.74) is 3.02. The van der Waals surface area contributed by atoms with Gasteiger partial charge in [-0.05, 0) is 65.0 Å². The van der Waals surface area contributed by atoms with Crippen LogP contribution in [0.2, 0.25) is 5.02 Å². The van der Waals surface area contributed by atoms with Crippen LogP contribution >= 0.6 is 11.6 Å². The SMILES string of the molecule is C=C1Nc2c(Cl)cc3cc(CN(C)C4CCN(C)CC4)oc3c2C2(CCCCC2)N1. The Kier molecular flexibility index (Phi) is 5.24. The summed E-state index contributed by atoms with van der Waals surface area (Å²) in [6.45, 7) is 7.33. The normalized spacial score (nSPS) is 22.3. The summed E-state index contributed by atoms with van der Waals surface area (Å²) in [5.74, 6) is 1.85. The molecule has 2 aliphatic heterocycles. The van der Waals surface area contributed by atoms with E-state index >= 15 is 0 Å². The Hall–Kier alpha value is -1.69. The first-order valence-corrected chi connectivity index (χ1v) is 11.7. The maximum absolute atomic E-state index is 6.75. The third-order valence-electron chi connectivity index (χ3n) is 7.38. The number of fused-ring (bicyclic) bond motifs is 4. The summed E-state index contributed by atoms with van der Waals surface area (Å²) < 4.78 is 6.55. The number of benzene rings is 1. The lowest BCUT2D eigenvalue weighted by molar-refractivity contribution is 0.133. The van der Waals surface area contributed by atoms with Gasteiger partial charge in [0.1, 0.15) is 11.3 Å². The highest BCUT2D eigenvalue weighted by atomic mass is 35.5. The number of anilines is 1. The van der Waals surface area contributed by atoms with Gasteiger partial charge in [-0.15, -0.1) is 0 Å². The summed E-state index contributed by atoms with van der Waals surface area (Å²) in [4.78, 5) is 4.87. The third kappa shape index (κ3) is 3.51. The fourth-order valence-electron chi connectivity index (χ4n) is 5.73. The number of halogens is 1. The molecule has 1 spiro atoms. The minimum Gasteiger partial charge on any atom is -0.459 e. The molecule has 1 aliphatic carbocycles. The zero-order valence-corrected chi connectivity index (χ0v) is 18.9. The third-order valence-corrected chi connectivity index (χ3v) is 7.68. The van der Waals surface area contributed by atoms with Gasteiger partial charge < -0.3 is 20.0 Å². The molecule has 2 fully saturated rings. The molecular formula is C24H33ClN4O. The predicted molar refractivity (Wildman–Crippen MR) is 124 cm³/mol. The van der Waals surface area contributed by atoms with Crippen LogP contribution in [0.4, 0.5) is 5.69 Å². The maximum Gasteiger partial charge on any atom is 0.142 e. The number of nitrogens with zero attached hydrogens (tertiary/aromatic N) is 2. The summed E-state index contributed by atoms with van der Waals surface area (Å²) in [6, 6.07) is 4.84. The van der Waals surface area contributed by atoms with Crippen molar-refractivity contribution < 1.29 is 4.42 Å². The van der Waals surface area contributed by atoms with Crippen molar-refractivity contribution in [2.45, 2.75) is 63.1 Å². The maximum atomic E-state index is 6.75. The fraction of sp³-hybridized carbons (Fsp3) is 0.583. The average molecular weight is 429 g/mol. The van der Waals surface area contributed by atoms with Crippen molar-refractivity contribution in [1.82, 2.24) is 15.1 Å². The quantitative estimate of drug-likeness (QED) is 0.698. The van der Waals surface area contributed by atoms with Gasteiger partial charge in [-0.1, -0.05) is 37.4 Å². The standard InChI is InChI=1S/C24H33ClN4O/c1-16-26-22-20(25)14-17-13-19(15-29(3)18-7-11-28(2)12-8-18)30-23(17)21(22)24(27-16)9-5-4-6-10-24/h13-14,18,26-27H,1,4-12,15H2,2-3H3. The van der Waals surface area contributed by atoms with Crippen LogP contribution in [0, 0.1) is 0 Å². The highest BCUT2D eigenvalue weighted by Gasteiger charge is 2.42. The van der Waals surface area contributed by atoms with Crippen molar-refractivity contribution in [1.29, 1.82) is 0 Å². The minimum absolute atomic E-state index is 0.131. The Morgan fingerprint density at radius 1 is 1.23 bits per heavy atom. The number of hydrogen-bond acceptors (Lipinski definition) is 5. The predicted octanol–water partition coefficient (Wildman–Crippen LogP) is 5.26. The van der Waals surface area contributed by atoms with Gasteiger partial charge in [0.05, 0.1) is 28.6 Å². The number of nitrogens with one attached hydrogen (secondary N) is 2. The van der Waals surface area contributed by atoms with E-state index in [4.69, 9.17) is 16.0 Å². The molecule has 1 aromatic heterocycles. The Bertz CT molecular complexity index is 954. The summed E-state index contributed by atoms with van der Waals surface area (Å²) in [5, 5.41) is 8.91. The highest BCUT2D eigenvalue weighted by molar-refractivity contribution is 6.34. The van der Waals surface area contributed by atoms with Gasteiger partial charge in [0.15, 0.2) is 0 Å². The number of rotatable bonds is 3. The average Bonchev–Trinajstić information content (AvgIpc) is 3.10. The van der Waals surface area contributed by atoms with Crippen LogP contribution in [0.3, 0.4) is 0 Å². The van der Waals surface area contributed by atoms with Crippen molar-refractivity contribution in [2.75, 3.05) is 32.5 Å². The van der Waals surface area contributed by atoms with E-state index in [1.54, 1.807) is 0 Å². The van der Waals surface area contributed by atoms with Crippen molar-refractivity contribution in [3.05, 3.63) is 40.9 Å². The van der Waals surface area contributed by atoms with E-state index in [1.165, 1.54) is 50.8 Å². The molecule has 6 heteroatoms. The van der Waals surface area contributed by atoms with Crippen molar-refractivity contribution in [3.63, 3.8) is 0 Å². The first kappa shape index (κ1) is 20.2. The van der Waals surface area contributed by atoms with Gasteiger partial charge in [-0.25, -0.2) is 0 Å². The van der Waals surface area contributed by atoms with Gasteiger partial charge in [0.2, 0.25) is 0 Å². The highest BCUT2D eigenvalue weighted by Crippen LogP contribution is 2.49. The zero-order valence-electron chi connectivity index (χ0n) is 18.2. The van der Waals surface area contributed by atoms with E-state index in [2.05, 4.69) is 47.2 Å². The van der Waals surface area contributed by atoms with E-state index in [1.807, 2.05) is 6.07 Å². The molecule has 5 rings (SSSR count). The van der Waals surface area contributed by atoms with E-state index in [-0.39, 0.29) is 5.54 Å². The van der Waals surface area contributed by atoms with Crippen LogP contribution in [-0.2, 0) is 12.1 Å². The number of hydrogen-bond donors (Lipinski definition) is 2. The molecule has 30 heavy (non-hydrogen) atoms. The van der Waals surface area contributed by atoms with E-state index in [0.717, 1.165) is 52.6 Å². The zero-order chi connectivity index (χ0) is 20.9. The number of likely N-dealkylation sites (tertiary alicyclic amines) is 1. The molecule has 162 valence electrons. The molecule has 1 saturated heterocycles. The summed E-state index contributed by atoms with van der Waals surface area (Å²) >= 11 is 6.75.